The van der Waals surface area contributed by atoms with Crippen LogP contribution in [-0.2, 0) is 0 Å². The lowest BCUT2D eigenvalue weighted by Crippen LogP contribution is -1.98. The van der Waals surface area contributed by atoms with Crippen molar-refractivity contribution >= 4 is 23.4 Å². The van der Waals surface area contributed by atoms with Crippen molar-refractivity contribution in [3.8, 4) is 5.69 Å². The predicted octanol–water partition coefficient (Wildman–Crippen LogP) is 3.67. The number of aryl methyl sites for hydroxylation is 1. The smallest absolute Gasteiger partial charge is 0.184 e. The molecule has 0 saturated carbocycles. The van der Waals surface area contributed by atoms with E-state index < -0.39 is 11.6 Å². The molecular weight excluding hydrogens is 268 g/mol. The lowest BCUT2D eigenvalue weighted by molar-refractivity contribution is 0.581. The Kier molecular flexibility index (Phi) is 2.67. The van der Waals surface area contributed by atoms with Crippen LogP contribution in [0.4, 0.5) is 8.78 Å². The number of halogens is 2. The molecule has 0 amide bonds. The zero-order chi connectivity index (χ0) is 13.6. The first-order valence-electron chi connectivity index (χ1n) is 5.59. The number of nitrogens with one attached hydrogen (secondary N) is 1. The third-order valence-electron chi connectivity index (χ3n) is 2.78. The number of aromatic nitrogens is 3. The van der Waals surface area contributed by atoms with Gasteiger partial charge in [-0.15, -0.1) is 0 Å². The number of fused-ring (bicyclic) bond motifs is 1. The molecule has 96 valence electrons. The maximum atomic E-state index is 13.3. The largest absolute Gasteiger partial charge is 0.329 e. The number of benzene rings is 1. The quantitative estimate of drug-likeness (QED) is 0.688. The summed E-state index contributed by atoms with van der Waals surface area (Å²) in [5.41, 5.74) is 2.38. The van der Waals surface area contributed by atoms with Crippen LogP contribution in [0.2, 0.25) is 0 Å². The second-order valence-corrected chi connectivity index (χ2v) is 4.60. The Hall–Kier alpha value is -2.08. The van der Waals surface area contributed by atoms with Crippen molar-refractivity contribution in [2.45, 2.75) is 6.92 Å². The molecule has 2 heterocycles. The van der Waals surface area contributed by atoms with Gasteiger partial charge < -0.3 is 4.98 Å². The summed E-state index contributed by atoms with van der Waals surface area (Å²) >= 11 is 5.19. The highest BCUT2D eigenvalue weighted by Crippen LogP contribution is 2.20. The maximum absolute atomic E-state index is 13.3. The van der Waals surface area contributed by atoms with Crippen molar-refractivity contribution in [3.63, 3.8) is 0 Å². The van der Waals surface area contributed by atoms with Gasteiger partial charge in [-0.1, -0.05) is 0 Å². The van der Waals surface area contributed by atoms with E-state index >= 15 is 0 Å². The van der Waals surface area contributed by atoms with E-state index in [1.54, 1.807) is 0 Å². The Bertz CT molecular complexity index is 815. The van der Waals surface area contributed by atoms with E-state index in [2.05, 4.69) is 9.97 Å². The normalized spacial score (nSPS) is 11.1. The molecular formula is C13H9F2N3S. The minimum absolute atomic E-state index is 0.312. The summed E-state index contributed by atoms with van der Waals surface area (Å²) in [7, 11) is 0. The number of nitrogens with zero attached hydrogens (tertiary/aromatic N) is 2. The van der Waals surface area contributed by atoms with Gasteiger partial charge in [0, 0.05) is 11.8 Å². The molecule has 0 aliphatic rings. The molecule has 0 fully saturated rings. The van der Waals surface area contributed by atoms with Crippen LogP contribution in [0.5, 0.6) is 0 Å². The molecule has 2 aromatic heterocycles. The number of aromatic amines is 1. The van der Waals surface area contributed by atoms with Crippen molar-refractivity contribution in [1.82, 2.24) is 14.5 Å². The highest BCUT2D eigenvalue weighted by Gasteiger charge is 2.10. The Balaban J connectivity index is 2.38. The van der Waals surface area contributed by atoms with E-state index in [1.807, 2.05) is 19.1 Å². The number of imidazole rings is 1. The second kappa shape index (κ2) is 4.24. The fourth-order valence-corrected chi connectivity index (χ4v) is 2.29. The molecule has 0 radical (unpaired) electrons. The SMILES string of the molecule is Cc1ccc2[nH]c(=S)n(-c3cc(F)cc(F)c3)c2n1. The molecule has 0 saturated heterocycles. The molecule has 0 aliphatic heterocycles. The van der Waals surface area contributed by atoms with E-state index in [0.29, 0.717) is 16.1 Å². The highest BCUT2D eigenvalue weighted by molar-refractivity contribution is 7.71. The summed E-state index contributed by atoms with van der Waals surface area (Å²) in [6, 6.07) is 6.93. The first-order chi connectivity index (χ1) is 9.04. The predicted molar refractivity (Wildman–Crippen MR) is 70.9 cm³/mol. The number of pyridine rings is 1. The lowest BCUT2D eigenvalue weighted by atomic mass is 10.3. The van der Waals surface area contributed by atoms with Crippen LogP contribution in [0.1, 0.15) is 5.69 Å². The lowest BCUT2D eigenvalue weighted by Gasteiger charge is -2.04. The topological polar surface area (TPSA) is 33.6 Å². The average Bonchev–Trinajstić information content (AvgIpc) is 2.63. The standard InChI is InChI=1S/C13H9F2N3S/c1-7-2-3-11-12(16-7)18(13(19)17-11)10-5-8(14)4-9(15)6-10/h2-6H,1H3,(H,17,19). The number of H-pyrrole nitrogens is 1. The van der Waals surface area contributed by atoms with Gasteiger partial charge in [0.25, 0.3) is 0 Å². The fraction of sp³-hybridized carbons (Fsp3) is 0.0769. The van der Waals surface area contributed by atoms with Crippen LogP contribution < -0.4 is 0 Å². The summed E-state index contributed by atoms with van der Waals surface area (Å²) in [5, 5.41) is 0. The third kappa shape index (κ3) is 2.04. The Morgan fingerprint density at radius 1 is 1.16 bits per heavy atom. The monoisotopic (exact) mass is 277 g/mol. The highest BCUT2D eigenvalue weighted by atomic mass is 32.1. The third-order valence-corrected chi connectivity index (χ3v) is 3.06. The van der Waals surface area contributed by atoms with E-state index in [4.69, 9.17) is 12.2 Å². The summed E-state index contributed by atoms with van der Waals surface area (Å²) in [4.78, 5) is 7.31. The first-order valence-corrected chi connectivity index (χ1v) is 6.00. The number of hydrogen-bond donors (Lipinski definition) is 1. The molecule has 0 bridgehead atoms. The summed E-state index contributed by atoms with van der Waals surface area (Å²) < 4.78 is 28.5. The average molecular weight is 277 g/mol. The molecule has 1 aromatic carbocycles. The van der Waals surface area contributed by atoms with Gasteiger partial charge in [0.1, 0.15) is 11.6 Å². The number of rotatable bonds is 1. The second-order valence-electron chi connectivity index (χ2n) is 4.22. The minimum atomic E-state index is -0.654. The van der Waals surface area contributed by atoms with Crippen LogP contribution in [-0.4, -0.2) is 14.5 Å². The molecule has 6 heteroatoms. The van der Waals surface area contributed by atoms with E-state index in [0.717, 1.165) is 17.3 Å². The molecule has 3 nitrogen and oxygen atoms in total. The summed E-state index contributed by atoms with van der Waals surface area (Å²) in [5.74, 6) is -1.31. The van der Waals surface area contributed by atoms with Gasteiger partial charge in [-0.05, 0) is 43.4 Å². The van der Waals surface area contributed by atoms with Gasteiger partial charge in [-0.3, -0.25) is 4.57 Å². The van der Waals surface area contributed by atoms with Gasteiger partial charge in [-0.2, -0.15) is 0 Å². The zero-order valence-corrected chi connectivity index (χ0v) is 10.8. The molecule has 3 aromatic rings. The van der Waals surface area contributed by atoms with Gasteiger partial charge in [-0.25, -0.2) is 13.8 Å². The number of hydrogen-bond acceptors (Lipinski definition) is 2. The van der Waals surface area contributed by atoms with Gasteiger partial charge in [0.15, 0.2) is 10.4 Å². The van der Waals surface area contributed by atoms with Crippen molar-refractivity contribution < 1.29 is 8.78 Å². The maximum Gasteiger partial charge on any atom is 0.184 e. The van der Waals surface area contributed by atoms with Crippen molar-refractivity contribution in [2.24, 2.45) is 0 Å². The minimum Gasteiger partial charge on any atom is -0.329 e. The van der Waals surface area contributed by atoms with Crippen LogP contribution in [0, 0.1) is 23.3 Å². The van der Waals surface area contributed by atoms with Crippen LogP contribution in [0.15, 0.2) is 30.3 Å². The summed E-state index contributed by atoms with van der Waals surface area (Å²) in [6.45, 7) is 1.84. The van der Waals surface area contributed by atoms with Crippen molar-refractivity contribution in [3.05, 3.63) is 52.4 Å². The van der Waals surface area contributed by atoms with Crippen LogP contribution >= 0.6 is 12.2 Å². The molecule has 0 spiro atoms. The van der Waals surface area contributed by atoms with E-state index in [9.17, 15) is 8.78 Å². The Morgan fingerprint density at radius 2 is 1.84 bits per heavy atom. The van der Waals surface area contributed by atoms with Gasteiger partial charge in [0.05, 0.1) is 11.2 Å². The Labute approximate surface area is 112 Å². The molecule has 1 N–H and O–H groups in total. The fourth-order valence-electron chi connectivity index (χ4n) is 1.99. The van der Waals surface area contributed by atoms with Gasteiger partial charge in [0.2, 0.25) is 0 Å². The first kappa shape index (κ1) is 12.0. The molecule has 3 rings (SSSR count). The zero-order valence-electron chi connectivity index (χ0n) is 9.95. The molecule has 0 aliphatic carbocycles. The van der Waals surface area contributed by atoms with Crippen LogP contribution in [0.3, 0.4) is 0 Å². The summed E-state index contributed by atoms with van der Waals surface area (Å²) in [6.07, 6.45) is 0. The van der Waals surface area contributed by atoms with E-state index in [-0.39, 0.29) is 0 Å². The van der Waals surface area contributed by atoms with E-state index in [1.165, 1.54) is 16.7 Å². The van der Waals surface area contributed by atoms with Crippen molar-refractivity contribution in [1.29, 1.82) is 0 Å². The molecule has 0 unspecified atom stereocenters. The molecule has 19 heavy (non-hydrogen) atoms. The van der Waals surface area contributed by atoms with Gasteiger partial charge >= 0.3 is 0 Å². The molecule has 0 atom stereocenters. The van der Waals surface area contributed by atoms with Crippen molar-refractivity contribution in [2.75, 3.05) is 0 Å². The van der Waals surface area contributed by atoms with Crippen LogP contribution in [0.25, 0.3) is 16.9 Å². The Morgan fingerprint density at radius 3 is 2.53 bits per heavy atom.